The van der Waals surface area contributed by atoms with Crippen LogP contribution in [0.15, 0.2) is 71.2 Å². The maximum absolute atomic E-state index is 12.3. The summed E-state index contributed by atoms with van der Waals surface area (Å²) in [7, 11) is 1.60. The lowest BCUT2D eigenvalue weighted by Gasteiger charge is -2.01. The van der Waals surface area contributed by atoms with Crippen molar-refractivity contribution in [1.82, 2.24) is 0 Å². The van der Waals surface area contributed by atoms with Crippen LogP contribution in [0, 0.1) is 0 Å². The van der Waals surface area contributed by atoms with Gasteiger partial charge < -0.3 is 19.1 Å². The molecule has 130 valence electrons. The van der Waals surface area contributed by atoms with Gasteiger partial charge in [-0.3, -0.25) is 4.79 Å². The van der Waals surface area contributed by atoms with E-state index in [1.54, 1.807) is 43.5 Å². The number of methoxy groups -OCH3 is 1. The molecule has 0 radical (unpaired) electrons. The first-order valence-corrected chi connectivity index (χ1v) is 7.85. The molecule has 0 fully saturated rings. The molecular formula is C21H15O5-. The third kappa shape index (κ3) is 3.89. The molecule has 0 N–H and O–H groups in total. The maximum atomic E-state index is 12.3. The zero-order valence-electron chi connectivity index (χ0n) is 14.0. The molecule has 0 aliphatic carbocycles. The number of hydrogen-bond acceptors (Lipinski definition) is 5. The highest BCUT2D eigenvalue weighted by Crippen LogP contribution is 2.22. The highest BCUT2D eigenvalue weighted by Gasteiger charge is 2.07. The van der Waals surface area contributed by atoms with Crippen molar-refractivity contribution in [2.45, 2.75) is 0 Å². The average molecular weight is 347 g/mol. The van der Waals surface area contributed by atoms with Gasteiger partial charge in [-0.05, 0) is 35.9 Å². The predicted octanol–water partition coefficient (Wildman–Crippen LogP) is 3.21. The summed E-state index contributed by atoms with van der Waals surface area (Å²) in [4.78, 5) is 23.0. The maximum Gasteiger partial charge on any atom is 0.185 e. The number of allylic oxidation sites excluding steroid dienone is 1. The molecule has 2 aromatic carbocycles. The lowest BCUT2D eigenvalue weighted by Crippen LogP contribution is -2.21. The van der Waals surface area contributed by atoms with Crippen LogP contribution >= 0.6 is 0 Å². The Morgan fingerprint density at radius 1 is 0.962 bits per heavy atom. The van der Waals surface area contributed by atoms with Crippen molar-refractivity contribution in [3.63, 3.8) is 0 Å². The van der Waals surface area contributed by atoms with Gasteiger partial charge in [0.05, 0.1) is 7.11 Å². The Morgan fingerprint density at radius 2 is 1.65 bits per heavy atom. The van der Waals surface area contributed by atoms with E-state index < -0.39 is 5.97 Å². The fourth-order valence-electron chi connectivity index (χ4n) is 2.38. The number of carboxylic acid groups (broad SMARTS) is 1. The molecule has 1 aromatic heterocycles. The molecule has 1 heterocycles. The fourth-order valence-corrected chi connectivity index (χ4v) is 2.38. The molecular weight excluding hydrogens is 332 g/mol. The minimum Gasteiger partial charge on any atom is -0.542 e. The molecule has 0 spiro atoms. The zero-order valence-corrected chi connectivity index (χ0v) is 14.0. The highest BCUT2D eigenvalue weighted by molar-refractivity contribution is 6.07. The lowest BCUT2D eigenvalue weighted by molar-refractivity contribution is -0.257. The molecule has 5 nitrogen and oxygen atoms in total. The Bertz CT molecular complexity index is 947. The predicted molar refractivity (Wildman–Crippen MR) is 94.8 cm³/mol. The Labute approximate surface area is 150 Å². The SMILES string of the molecule is COc1ccc(/C=C/C(=O)c2ccc(-c3ccc(C(=O)[O-])o3)cc2)cc1. The van der Waals surface area contributed by atoms with Gasteiger partial charge in [-0.2, -0.15) is 0 Å². The average Bonchev–Trinajstić information content (AvgIpc) is 3.17. The number of furan rings is 1. The smallest absolute Gasteiger partial charge is 0.185 e. The number of hydrogen-bond donors (Lipinski definition) is 0. The van der Waals surface area contributed by atoms with Gasteiger partial charge in [-0.1, -0.05) is 42.5 Å². The van der Waals surface area contributed by atoms with Gasteiger partial charge in [0.2, 0.25) is 0 Å². The van der Waals surface area contributed by atoms with Crippen LogP contribution in [0.25, 0.3) is 17.4 Å². The third-order valence-electron chi connectivity index (χ3n) is 3.80. The molecule has 0 aliphatic heterocycles. The zero-order chi connectivity index (χ0) is 18.5. The van der Waals surface area contributed by atoms with Gasteiger partial charge in [0.1, 0.15) is 23.2 Å². The van der Waals surface area contributed by atoms with E-state index in [1.165, 1.54) is 12.1 Å². The van der Waals surface area contributed by atoms with Crippen LogP contribution in [0.3, 0.4) is 0 Å². The molecule has 0 atom stereocenters. The molecule has 0 bridgehead atoms. The van der Waals surface area contributed by atoms with Crippen LogP contribution < -0.4 is 9.84 Å². The van der Waals surface area contributed by atoms with E-state index in [-0.39, 0.29) is 11.5 Å². The van der Waals surface area contributed by atoms with Gasteiger partial charge in [0, 0.05) is 11.1 Å². The number of ketones is 1. The molecule has 0 amide bonds. The lowest BCUT2D eigenvalue weighted by atomic mass is 10.1. The van der Waals surface area contributed by atoms with Gasteiger partial charge in [-0.15, -0.1) is 0 Å². The monoisotopic (exact) mass is 347 g/mol. The molecule has 3 rings (SSSR count). The van der Waals surface area contributed by atoms with Crippen LogP contribution in [-0.4, -0.2) is 18.9 Å². The molecule has 0 unspecified atom stereocenters. The Hall–Kier alpha value is -3.60. The topological polar surface area (TPSA) is 79.6 Å². The van der Waals surface area contributed by atoms with Gasteiger partial charge in [0.25, 0.3) is 0 Å². The summed E-state index contributed by atoms with van der Waals surface area (Å²) in [6.45, 7) is 0. The first-order chi connectivity index (χ1) is 12.6. The highest BCUT2D eigenvalue weighted by atomic mass is 16.5. The standard InChI is InChI=1S/C21H16O5/c1-25-17-9-2-14(3-10-17)4-11-18(22)15-5-7-16(8-6-15)19-12-13-20(26-19)21(23)24/h2-13H,1H3,(H,23,24)/p-1/b11-4+. The van der Waals surface area contributed by atoms with E-state index >= 15 is 0 Å². The largest absolute Gasteiger partial charge is 0.542 e. The van der Waals surface area contributed by atoms with Gasteiger partial charge >= 0.3 is 0 Å². The van der Waals surface area contributed by atoms with Crippen LogP contribution in [0.4, 0.5) is 0 Å². The van der Waals surface area contributed by atoms with E-state index in [1.807, 2.05) is 24.3 Å². The van der Waals surface area contributed by atoms with Gasteiger partial charge in [0.15, 0.2) is 5.78 Å². The number of benzene rings is 2. The van der Waals surface area contributed by atoms with E-state index in [0.717, 1.165) is 11.3 Å². The first kappa shape index (κ1) is 17.2. The first-order valence-electron chi connectivity index (χ1n) is 7.85. The van der Waals surface area contributed by atoms with Crippen LogP contribution in [-0.2, 0) is 0 Å². The number of carboxylic acids is 1. The summed E-state index contributed by atoms with van der Waals surface area (Å²) in [6, 6.07) is 17.0. The molecule has 0 saturated carbocycles. The van der Waals surface area contributed by atoms with Crippen molar-refractivity contribution in [2.24, 2.45) is 0 Å². The summed E-state index contributed by atoms with van der Waals surface area (Å²) in [6.07, 6.45) is 3.23. The summed E-state index contributed by atoms with van der Waals surface area (Å²) >= 11 is 0. The number of aromatic carboxylic acids is 1. The van der Waals surface area contributed by atoms with E-state index in [9.17, 15) is 14.7 Å². The summed E-state index contributed by atoms with van der Waals surface area (Å²) in [5, 5.41) is 10.7. The molecule has 0 saturated heterocycles. The Kier molecular flexibility index (Phi) is 4.99. The van der Waals surface area contributed by atoms with Crippen molar-refractivity contribution in [3.8, 4) is 17.1 Å². The Balaban J connectivity index is 1.71. The van der Waals surface area contributed by atoms with E-state index in [4.69, 9.17) is 9.15 Å². The van der Waals surface area contributed by atoms with Crippen LogP contribution in [0.1, 0.15) is 26.5 Å². The molecule has 26 heavy (non-hydrogen) atoms. The third-order valence-corrected chi connectivity index (χ3v) is 3.80. The van der Waals surface area contributed by atoms with Crippen molar-refractivity contribution in [2.75, 3.05) is 7.11 Å². The quantitative estimate of drug-likeness (QED) is 0.505. The van der Waals surface area contributed by atoms with Crippen molar-refractivity contribution >= 4 is 17.8 Å². The number of rotatable bonds is 6. The summed E-state index contributed by atoms with van der Waals surface area (Å²) in [5.74, 6) is -0.586. The van der Waals surface area contributed by atoms with Crippen LogP contribution in [0.5, 0.6) is 5.75 Å². The van der Waals surface area contributed by atoms with E-state index in [0.29, 0.717) is 16.9 Å². The minimum absolute atomic E-state index is 0.137. The number of carbonyl (C=O) groups is 2. The van der Waals surface area contributed by atoms with Crippen LogP contribution in [0.2, 0.25) is 0 Å². The van der Waals surface area contributed by atoms with Crippen molar-refractivity contribution in [1.29, 1.82) is 0 Å². The summed E-state index contributed by atoms with van der Waals surface area (Å²) < 4.78 is 10.3. The second kappa shape index (κ2) is 7.53. The Morgan fingerprint density at radius 3 is 2.23 bits per heavy atom. The second-order valence-corrected chi connectivity index (χ2v) is 5.50. The molecule has 0 aliphatic rings. The normalized spacial score (nSPS) is 10.8. The summed E-state index contributed by atoms with van der Waals surface area (Å²) in [5.41, 5.74) is 2.08. The fraction of sp³-hybridized carbons (Fsp3) is 0.0476. The molecule has 5 heteroatoms. The minimum atomic E-state index is -1.37. The van der Waals surface area contributed by atoms with Crippen molar-refractivity contribution in [3.05, 3.63) is 83.6 Å². The second-order valence-electron chi connectivity index (χ2n) is 5.50. The number of carbonyl (C=O) groups excluding carboxylic acids is 2. The van der Waals surface area contributed by atoms with Crippen molar-refractivity contribution < 1.29 is 23.8 Å². The van der Waals surface area contributed by atoms with E-state index in [2.05, 4.69) is 0 Å². The van der Waals surface area contributed by atoms with Gasteiger partial charge in [-0.25, -0.2) is 0 Å². The molecule has 3 aromatic rings. The number of ether oxygens (including phenoxy) is 1.